The predicted octanol–water partition coefficient (Wildman–Crippen LogP) is 1.41. The van der Waals surface area contributed by atoms with Crippen LogP contribution >= 0.6 is 0 Å². The fraction of sp³-hybridized carbons (Fsp3) is 0.333. The van der Waals surface area contributed by atoms with Crippen LogP contribution in [0.4, 0.5) is 14.5 Å². The lowest BCUT2D eigenvalue weighted by molar-refractivity contribution is -0.862. The fourth-order valence-corrected chi connectivity index (χ4v) is 2.70. The Bertz CT molecular complexity index is 796. The highest BCUT2D eigenvalue weighted by Gasteiger charge is 2.14. The number of nitrogens with one attached hydrogen (secondary N) is 3. The Kier molecular flexibility index (Phi) is 8.54. The molecule has 0 aliphatic rings. The van der Waals surface area contributed by atoms with Crippen LogP contribution in [0.1, 0.15) is 11.1 Å². The van der Waals surface area contributed by atoms with Crippen molar-refractivity contribution in [3.63, 3.8) is 0 Å². The second-order valence-electron chi connectivity index (χ2n) is 6.85. The lowest BCUT2D eigenvalue weighted by Gasteiger charge is -2.14. The Morgan fingerprint density at radius 2 is 1.62 bits per heavy atom. The van der Waals surface area contributed by atoms with Crippen LogP contribution in [0.25, 0.3) is 0 Å². The molecule has 2 rings (SSSR count). The number of carbonyl (C=O) groups excluding carboxylic acids is 2. The summed E-state index contributed by atoms with van der Waals surface area (Å²) >= 11 is 0. The molecule has 0 radical (unpaired) electrons. The number of hydrogen-bond acceptors (Lipinski definition) is 3. The van der Waals surface area contributed by atoms with Gasteiger partial charge in [-0.15, -0.1) is 0 Å². The van der Waals surface area contributed by atoms with E-state index >= 15 is 0 Å². The van der Waals surface area contributed by atoms with Gasteiger partial charge >= 0.3 is 6.61 Å². The maximum atomic E-state index is 12.1. The Hall–Kier alpha value is -3.00. The largest absolute Gasteiger partial charge is 0.435 e. The summed E-state index contributed by atoms with van der Waals surface area (Å²) in [6.07, 6.45) is 0.563. The number of ether oxygens (including phenoxy) is 1. The fourth-order valence-electron chi connectivity index (χ4n) is 2.70. The number of aryl methyl sites for hydroxylation is 1. The zero-order chi connectivity index (χ0) is 21.2. The van der Waals surface area contributed by atoms with Crippen molar-refractivity contribution in [1.29, 1.82) is 0 Å². The lowest BCUT2D eigenvalue weighted by atomic mass is 10.1. The number of likely N-dealkylation sites (N-methyl/N-ethyl adjacent to an activating group) is 1. The molecule has 0 saturated carbocycles. The van der Waals surface area contributed by atoms with E-state index in [2.05, 4.69) is 15.4 Å². The molecule has 0 bridgehead atoms. The van der Waals surface area contributed by atoms with Gasteiger partial charge in [-0.1, -0.05) is 29.8 Å². The third-order valence-electron chi connectivity index (χ3n) is 4.14. The summed E-state index contributed by atoms with van der Waals surface area (Å²) in [6, 6.07) is 13.8. The average Bonchev–Trinajstić information content (AvgIpc) is 2.64. The zero-order valence-electron chi connectivity index (χ0n) is 16.5. The van der Waals surface area contributed by atoms with Crippen molar-refractivity contribution in [1.82, 2.24) is 5.32 Å². The first-order valence-corrected chi connectivity index (χ1v) is 9.30. The quantitative estimate of drug-likeness (QED) is 0.559. The summed E-state index contributed by atoms with van der Waals surface area (Å²) in [5.41, 5.74) is 2.73. The van der Waals surface area contributed by atoms with Crippen molar-refractivity contribution in [3.05, 3.63) is 59.7 Å². The van der Waals surface area contributed by atoms with Crippen LogP contribution in [-0.4, -0.2) is 45.1 Å². The number of rotatable bonds is 10. The molecule has 0 heterocycles. The second kappa shape index (κ2) is 11.1. The summed E-state index contributed by atoms with van der Waals surface area (Å²) in [7, 11) is 1.77. The number of benzene rings is 2. The number of halogens is 2. The summed E-state index contributed by atoms with van der Waals surface area (Å²) in [6.45, 7) is -0.121. The van der Waals surface area contributed by atoms with Gasteiger partial charge in [0, 0.05) is 12.2 Å². The van der Waals surface area contributed by atoms with Crippen molar-refractivity contribution >= 4 is 17.5 Å². The van der Waals surface area contributed by atoms with Crippen molar-refractivity contribution in [2.75, 3.05) is 32.0 Å². The lowest BCUT2D eigenvalue weighted by Crippen LogP contribution is -3.11. The molecule has 1 atom stereocenters. The highest BCUT2D eigenvalue weighted by molar-refractivity contribution is 5.91. The van der Waals surface area contributed by atoms with Crippen molar-refractivity contribution in [2.45, 2.75) is 20.0 Å². The second-order valence-corrected chi connectivity index (χ2v) is 6.85. The standard InChI is InChI=1S/C21H25F2N3O3/c1-15-3-7-17(8-4-15)25-20(28)14-26(2)13-19(27)24-12-11-16-5-9-18(10-6-16)29-21(22)23/h3-10,21H,11-14H2,1-2H3,(H,24,27)(H,25,28)/p+1. The molecule has 29 heavy (non-hydrogen) atoms. The van der Waals surface area contributed by atoms with Gasteiger partial charge in [-0.3, -0.25) is 9.59 Å². The maximum absolute atomic E-state index is 12.1. The van der Waals surface area contributed by atoms with E-state index in [9.17, 15) is 18.4 Å². The molecule has 0 saturated heterocycles. The topological polar surface area (TPSA) is 71.9 Å². The van der Waals surface area contributed by atoms with E-state index in [4.69, 9.17) is 0 Å². The smallest absolute Gasteiger partial charge is 0.387 e. The van der Waals surface area contributed by atoms with Gasteiger partial charge in [0.25, 0.3) is 11.8 Å². The van der Waals surface area contributed by atoms with Gasteiger partial charge in [0.15, 0.2) is 13.1 Å². The minimum absolute atomic E-state index is 0.0990. The number of amides is 2. The monoisotopic (exact) mass is 406 g/mol. The van der Waals surface area contributed by atoms with Gasteiger partial charge in [0.2, 0.25) is 0 Å². The van der Waals surface area contributed by atoms with Crippen LogP contribution in [0.3, 0.4) is 0 Å². The van der Waals surface area contributed by atoms with Crippen LogP contribution in [-0.2, 0) is 16.0 Å². The molecule has 3 N–H and O–H groups in total. The molecular weight excluding hydrogens is 380 g/mol. The Morgan fingerprint density at radius 1 is 1.00 bits per heavy atom. The van der Waals surface area contributed by atoms with E-state index in [0.29, 0.717) is 13.0 Å². The van der Waals surface area contributed by atoms with E-state index < -0.39 is 6.61 Å². The van der Waals surface area contributed by atoms with Gasteiger partial charge in [-0.2, -0.15) is 8.78 Å². The molecule has 2 amide bonds. The number of anilines is 1. The summed E-state index contributed by atoms with van der Waals surface area (Å²) in [4.78, 5) is 24.9. The zero-order valence-corrected chi connectivity index (χ0v) is 16.5. The molecule has 1 unspecified atom stereocenters. The first-order chi connectivity index (χ1) is 13.8. The van der Waals surface area contributed by atoms with Crippen LogP contribution in [0, 0.1) is 6.92 Å². The van der Waals surface area contributed by atoms with E-state index in [1.807, 2.05) is 31.2 Å². The molecule has 0 aliphatic carbocycles. The summed E-state index contributed by atoms with van der Waals surface area (Å²) in [5.74, 6) is -0.226. The molecular formula is C21H26F2N3O3+. The molecule has 0 aliphatic heterocycles. The molecule has 0 fully saturated rings. The third-order valence-corrected chi connectivity index (χ3v) is 4.14. The number of hydrogen-bond donors (Lipinski definition) is 3. The number of alkyl halides is 2. The number of carbonyl (C=O) groups is 2. The molecule has 156 valence electrons. The highest BCUT2D eigenvalue weighted by atomic mass is 19.3. The van der Waals surface area contributed by atoms with Crippen LogP contribution in [0.2, 0.25) is 0 Å². The van der Waals surface area contributed by atoms with Crippen LogP contribution in [0.15, 0.2) is 48.5 Å². The number of quaternary nitrogens is 1. The van der Waals surface area contributed by atoms with Crippen LogP contribution in [0.5, 0.6) is 5.75 Å². The van der Waals surface area contributed by atoms with Crippen molar-refractivity contribution in [2.24, 2.45) is 0 Å². The highest BCUT2D eigenvalue weighted by Crippen LogP contribution is 2.15. The molecule has 8 heteroatoms. The van der Waals surface area contributed by atoms with E-state index in [1.54, 1.807) is 19.2 Å². The van der Waals surface area contributed by atoms with Crippen LogP contribution < -0.4 is 20.3 Å². The van der Waals surface area contributed by atoms with Gasteiger partial charge in [0.1, 0.15) is 5.75 Å². The van der Waals surface area contributed by atoms with Gasteiger partial charge in [-0.25, -0.2) is 0 Å². The Morgan fingerprint density at radius 3 is 2.24 bits per heavy atom. The first kappa shape index (κ1) is 22.3. The minimum atomic E-state index is -2.85. The minimum Gasteiger partial charge on any atom is -0.435 e. The predicted molar refractivity (Wildman–Crippen MR) is 106 cm³/mol. The van der Waals surface area contributed by atoms with E-state index in [1.165, 1.54) is 12.1 Å². The van der Waals surface area contributed by atoms with Crippen molar-refractivity contribution < 1.29 is 28.0 Å². The van der Waals surface area contributed by atoms with Crippen molar-refractivity contribution in [3.8, 4) is 5.75 Å². The molecule has 0 aromatic heterocycles. The van der Waals surface area contributed by atoms with Gasteiger partial charge < -0.3 is 20.3 Å². The molecule has 0 spiro atoms. The molecule has 6 nitrogen and oxygen atoms in total. The molecule has 2 aromatic carbocycles. The SMILES string of the molecule is Cc1ccc(NC(=O)C[NH+](C)CC(=O)NCCc2ccc(OC(F)F)cc2)cc1. The van der Waals surface area contributed by atoms with E-state index in [-0.39, 0.29) is 30.7 Å². The molecule has 2 aromatic rings. The van der Waals surface area contributed by atoms with Gasteiger partial charge in [-0.05, 0) is 43.2 Å². The maximum Gasteiger partial charge on any atom is 0.387 e. The Balaban J connectivity index is 1.66. The summed E-state index contributed by atoms with van der Waals surface area (Å²) < 4.78 is 28.5. The Labute approximate surface area is 168 Å². The first-order valence-electron chi connectivity index (χ1n) is 9.30. The third kappa shape index (κ3) is 8.69. The van der Waals surface area contributed by atoms with E-state index in [0.717, 1.165) is 21.7 Å². The average molecular weight is 406 g/mol. The van der Waals surface area contributed by atoms with Gasteiger partial charge in [0.05, 0.1) is 7.05 Å². The summed E-state index contributed by atoms with van der Waals surface area (Å²) in [5, 5.41) is 5.60. The normalized spacial score (nSPS) is 11.8.